The highest BCUT2D eigenvalue weighted by Crippen LogP contribution is 2.30. The van der Waals surface area contributed by atoms with Gasteiger partial charge in [0.05, 0.1) is 0 Å². The molecule has 1 fully saturated rings. The average molecular weight is 290 g/mol. The van der Waals surface area contributed by atoms with Gasteiger partial charge in [0.2, 0.25) is 0 Å². The Morgan fingerprint density at radius 3 is 2.44 bits per heavy atom. The van der Waals surface area contributed by atoms with E-state index in [9.17, 15) is 13.2 Å². The molecule has 1 aromatic heterocycles. The fourth-order valence-electron chi connectivity index (χ4n) is 2.56. The van der Waals surface area contributed by atoms with Crippen molar-refractivity contribution in [2.24, 2.45) is 0 Å². The van der Waals surface area contributed by atoms with Crippen LogP contribution in [-0.2, 0) is 10.0 Å². The number of sulfonamides is 1. The number of aromatic amines is 1. The lowest BCUT2D eigenvalue weighted by atomic mass is 10.2. The molecule has 1 heterocycles. The maximum Gasteiger partial charge on any atom is 0.305 e. The molecule has 0 bridgehead atoms. The third-order valence-electron chi connectivity index (χ3n) is 3.37. The van der Waals surface area contributed by atoms with Crippen LogP contribution in [0.4, 0.5) is 0 Å². The topological polar surface area (TPSA) is 70.2 Å². The second kappa shape index (κ2) is 5.14. The van der Waals surface area contributed by atoms with Crippen LogP contribution >= 0.6 is 11.3 Å². The van der Waals surface area contributed by atoms with Gasteiger partial charge in [-0.25, -0.2) is 8.42 Å². The van der Waals surface area contributed by atoms with E-state index in [0.29, 0.717) is 12.2 Å². The Hall–Kier alpha value is -0.660. The molecule has 5 nitrogen and oxygen atoms in total. The predicted molar refractivity (Wildman–Crippen MR) is 71.5 cm³/mol. The molecule has 2 rings (SSSR count). The van der Waals surface area contributed by atoms with E-state index in [0.717, 1.165) is 37.0 Å². The minimum absolute atomic E-state index is 0.0941. The largest absolute Gasteiger partial charge is 0.315 e. The Morgan fingerprint density at radius 1 is 1.39 bits per heavy atom. The Labute approximate surface area is 111 Å². The molecule has 0 spiro atoms. The number of nitrogens with zero attached hydrogens (tertiary/aromatic N) is 1. The van der Waals surface area contributed by atoms with Gasteiger partial charge in [-0.05, 0) is 19.8 Å². The third-order valence-corrected chi connectivity index (χ3v) is 6.98. The number of aromatic nitrogens is 1. The van der Waals surface area contributed by atoms with E-state index < -0.39 is 10.0 Å². The van der Waals surface area contributed by atoms with Crippen molar-refractivity contribution in [3.63, 3.8) is 0 Å². The van der Waals surface area contributed by atoms with Gasteiger partial charge < -0.3 is 4.98 Å². The zero-order valence-electron chi connectivity index (χ0n) is 10.6. The van der Waals surface area contributed by atoms with E-state index in [4.69, 9.17) is 0 Å². The van der Waals surface area contributed by atoms with Crippen molar-refractivity contribution >= 4 is 21.4 Å². The molecule has 1 aromatic rings. The summed E-state index contributed by atoms with van der Waals surface area (Å²) in [5.74, 6) is 0. The number of hydrogen-bond donors (Lipinski definition) is 1. The Balaban J connectivity index is 2.39. The fourth-order valence-corrected chi connectivity index (χ4v) is 5.67. The maximum absolute atomic E-state index is 12.6. The number of rotatable bonds is 4. The van der Waals surface area contributed by atoms with Crippen LogP contribution in [0, 0.1) is 6.92 Å². The quantitative estimate of drug-likeness (QED) is 0.917. The number of aryl methyl sites for hydroxylation is 1. The summed E-state index contributed by atoms with van der Waals surface area (Å²) in [4.78, 5) is 13.5. The Kier molecular flexibility index (Phi) is 3.93. The zero-order chi connectivity index (χ0) is 13.3. The van der Waals surface area contributed by atoms with Crippen LogP contribution in [0.3, 0.4) is 0 Å². The Morgan fingerprint density at radius 2 is 2.00 bits per heavy atom. The second-order valence-corrected chi connectivity index (χ2v) is 7.64. The molecule has 0 atom stereocenters. The minimum atomic E-state index is -3.52. The minimum Gasteiger partial charge on any atom is -0.315 e. The first kappa shape index (κ1) is 13.8. The first-order valence-corrected chi connectivity index (χ1v) is 8.44. The van der Waals surface area contributed by atoms with Gasteiger partial charge >= 0.3 is 4.87 Å². The van der Waals surface area contributed by atoms with E-state index >= 15 is 0 Å². The molecule has 0 radical (unpaired) electrons. The van der Waals surface area contributed by atoms with Crippen LogP contribution in [0.25, 0.3) is 0 Å². The highest BCUT2D eigenvalue weighted by Gasteiger charge is 2.34. The first-order chi connectivity index (χ1) is 8.46. The third kappa shape index (κ3) is 2.39. The predicted octanol–water partition coefficient (Wildman–Crippen LogP) is 1.70. The van der Waals surface area contributed by atoms with Gasteiger partial charge in [0.1, 0.15) is 0 Å². The molecule has 0 unspecified atom stereocenters. The number of thiazole rings is 1. The van der Waals surface area contributed by atoms with Gasteiger partial charge in [-0.15, -0.1) is 0 Å². The lowest BCUT2D eigenvalue weighted by Gasteiger charge is -2.26. The lowest BCUT2D eigenvalue weighted by Crippen LogP contribution is -2.38. The Bertz CT molecular complexity index is 567. The van der Waals surface area contributed by atoms with Gasteiger partial charge in [0.15, 0.2) is 4.21 Å². The summed E-state index contributed by atoms with van der Waals surface area (Å²) in [6.45, 7) is 3.94. The van der Waals surface area contributed by atoms with Crippen molar-refractivity contribution in [2.45, 2.75) is 49.8 Å². The molecule has 1 aliphatic rings. The molecule has 1 saturated carbocycles. The van der Waals surface area contributed by atoms with Crippen molar-refractivity contribution in [2.75, 3.05) is 6.54 Å². The number of nitrogens with one attached hydrogen (secondary N) is 1. The van der Waals surface area contributed by atoms with Gasteiger partial charge in [-0.3, -0.25) is 4.79 Å². The molecular weight excluding hydrogens is 272 g/mol. The van der Waals surface area contributed by atoms with Crippen LogP contribution in [0.15, 0.2) is 9.00 Å². The van der Waals surface area contributed by atoms with E-state index in [1.165, 1.54) is 0 Å². The highest BCUT2D eigenvalue weighted by atomic mass is 32.2. The summed E-state index contributed by atoms with van der Waals surface area (Å²) in [6, 6.07) is 0.0941. The van der Waals surface area contributed by atoms with Crippen molar-refractivity contribution in [3.05, 3.63) is 15.4 Å². The molecule has 1 N–H and O–H groups in total. The standard InChI is InChI=1S/C11H18N2O3S2/c1-3-13(9-6-4-5-7-9)18(15,16)10-8(2)12-11(14)17-10/h9H,3-7H2,1-2H3,(H,12,14). The van der Waals surface area contributed by atoms with E-state index in [-0.39, 0.29) is 15.1 Å². The highest BCUT2D eigenvalue weighted by molar-refractivity contribution is 7.91. The van der Waals surface area contributed by atoms with Crippen LogP contribution in [0.1, 0.15) is 38.3 Å². The summed E-state index contributed by atoms with van der Waals surface area (Å²) in [6.07, 6.45) is 4.01. The van der Waals surface area contributed by atoms with Gasteiger partial charge in [-0.2, -0.15) is 4.31 Å². The van der Waals surface area contributed by atoms with Crippen molar-refractivity contribution < 1.29 is 8.42 Å². The van der Waals surface area contributed by atoms with Crippen LogP contribution < -0.4 is 4.87 Å². The summed E-state index contributed by atoms with van der Waals surface area (Å²) >= 11 is 0.783. The summed E-state index contributed by atoms with van der Waals surface area (Å²) < 4.78 is 26.8. The van der Waals surface area contributed by atoms with Crippen molar-refractivity contribution in [1.29, 1.82) is 0 Å². The van der Waals surface area contributed by atoms with E-state index in [2.05, 4.69) is 4.98 Å². The molecule has 7 heteroatoms. The molecule has 0 amide bonds. The van der Waals surface area contributed by atoms with Crippen LogP contribution in [0.5, 0.6) is 0 Å². The number of hydrogen-bond acceptors (Lipinski definition) is 4. The van der Waals surface area contributed by atoms with Crippen molar-refractivity contribution in [3.8, 4) is 0 Å². The summed E-state index contributed by atoms with van der Waals surface area (Å²) in [7, 11) is -3.52. The SMILES string of the molecule is CCN(C1CCCC1)S(=O)(=O)c1sc(=O)[nH]c1C. The van der Waals surface area contributed by atoms with Crippen molar-refractivity contribution in [1.82, 2.24) is 9.29 Å². The summed E-state index contributed by atoms with van der Waals surface area (Å²) in [5, 5.41) is 0. The molecule has 0 aromatic carbocycles. The number of H-pyrrole nitrogens is 1. The van der Waals surface area contributed by atoms with E-state index in [1.54, 1.807) is 11.2 Å². The normalized spacial score (nSPS) is 17.7. The molecule has 18 heavy (non-hydrogen) atoms. The average Bonchev–Trinajstić information content (AvgIpc) is 2.89. The maximum atomic E-state index is 12.6. The zero-order valence-corrected chi connectivity index (χ0v) is 12.2. The molecule has 1 aliphatic carbocycles. The monoisotopic (exact) mass is 290 g/mol. The molecule has 0 saturated heterocycles. The lowest BCUT2D eigenvalue weighted by molar-refractivity contribution is 0.336. The van der Waals surface area contributed by atoms with Gasteiger partial charge in [-0.1, -0.05) is 31.1 Å². The summed E-state index contributed by atoms with van der Waals surface area (Å²) in [5.41, 5.74) is 0.446. The molecule has 0 aliphatic heterocycles. The fraction of sp³-hybridized carbons (Fsp3) is 0.727. The smallest absolute Gasteiger partial charge is 0.305 e. The van der Waals surface area contributed by atoms with Crippen LogP contribution in [-0.4, -0.2) is 30.3 Å². The first-order valence-electron chi connectivity index (χ1n) is 6.18. The van der Waals surface area contributed by atoms with Crippen LogP contribution in [0.2, 0.25) is 0 Å². The van der Waals surface area contributed by atoms with Gasteiger partial charge in [0.25, 0.3) is 10.0 Å². The van der Waals surface area contributed by atoms with E-state index in [1.807, 2.05) is 6.92 Å². The molecule has 102 valence electrons. The van der Waals surface area contributed by atoms with Gasteiger partial charge in [0, 0.05) is 18.3 Å². The molecular formula is C11H18N2O3S2. The second-order valence-electron chi connectivity index (χ2n) is 4.57.